The molecule has 1 aromatic carbocycles. The zero-order chi connectivity index (χ0) is 18.8. The summed E-state index contributed by atoms with van der Waals surface area (Å²) in [5.74, 6) is -1.22. The van der Waals surface area contributed by atoms with Crippen LogP contribution in [0.4, 0.5) is 0 Å². The highest BCUT2D eigenvalue weighted by Crippen LogP contribution is 2.28. The normalized spacial score (nSPS) is 13.1. The van der Waals surface area contributed by atoms with Crippen molar-refractivity contribution < 1.29 is 9.59 Å². The number of amides is 2. The number of aryl methyl sites for hydroxylation is 1. The van der Waals surface area contributed by atoms with Gasteiger partial charge in [-0.2, -0.15) is 0 Å². The van der Waals surface area contributed by atoms with Crippen LogP contribution in [0.15, 0.2) is 30.5 Å². The SMILES string of the molecule is CN(C)C(CNC(=O)C(=O)NC(C)(C)C)c1cn(C)c2ccccc12. The highest BCUT2D eigenvalue weighted by molar-refractivity contribution is 6.35. The van der Waals surface area contributed by atoms with Crippen LogP contribution in [0.5, 0.6) is 0 Å². The second-order valence-corrected chi connectivity index (χ2v) is 7.61. The third-order valence-corrected chi connectivity index (χ3v) is 4.06. The first kappa shape index (κ1) is 19.0. The van der Waals surface area contributed by atoms with Crippen LogP contribution >= 0.6 is 0 Å². The zero-order valence-corrected chi connectivity index (χ0v) is 15.9. The molecule has 136 valence electrons. The van der Waals surface area contributed by atoms with E-state index in [0.29, 0.717) is 6.54 Å². The first-order valence-electron chi connectivity index (χ1n) is 8.41. The number of hydrogen-bond donors (Lipinski definition) is 2. The predicted octanol–water partition coefficient (Wildman–Crippen LogP) is 1.81. The van der Waals surface area contributed by atoms with Crippen molar-refractivity contribution in [3.63, 3.8) is 0 Å². The van der Waals surface area contributed by atoms with Crippen LogP contribution in [-0.4, -0.2) is 47.5 Å². The van der Waals surface area contributed by atoms with Gasteiger partial charge in [0.25, 0.3) is 0 Å². The molecule has 2 N–H and O–H groups in total. The second-order valence-electron chi connectivity index (χ2n) is 7.61. The summed E-state index contributed by atoms with van der Waals surface area (Å²) < 4.78 is 2.08. The number of fused-ring (bicyclic) bond motifs is 1. The molecule has 6 heteroatoms. The van der Waals surface area contributed by atoms with Crippen LogP contribution in [0.2, 0.25) is 0 Å². The Hall–Kier alpha value is -2.34. The lowest BCUT2D eigenvalue weighted by molar-refractivity contribution is -0.140. The van der Waals surface area contributed by atoms with Crippen molar-refractivity contribution in [3.05, 3.63) is 36.0 Å². The molecule has 2 rings (SSSR count). The van der Waals surface area contributed by atoms with Gasteiger partial charge in [-0.1, -0.05) is 18.2 Å². The molecule has 0 aliphatic heterocycles. The monoisotopic (exact) mass is 344 g/mol. The number of nitrogens with zero attached hydrogens (tertiary/aromatic N) is 2. The Balaban J connectivity index is 2.16. The van der Waals surface area contributed by atoms with Crippen LogP contribution in [0.1, 0.15) is 32.4 Å². The fourth-order valence-corrected chi connectivity index (χ4v) is 2.88. The summed E-state index contributed by atoms with van der Waals surface area (Å²) in [7, 11) is 5.94. The van der Waals surface area contributed by atoms with E-state index in [0.717, 1.165) is 16.5 Å². The number of carbonyl (C=O) groups excluding carboxylic acids is 2. The molecule has 6 nitrogen and oxygen atoms in total. The molecule has 2 aromatic rings. The third kappa shape index (κ3) is 4.60. The van der Waals surface area contributed by atoms with E-state index in [1.165, 1.54) is 0 Å². The van der Waals surface area contributed by atoms with Gasteiger partial charge in [0.05, 0.1) is 6.04 Å². The quantitative estimate of drug-likeness (QED) is 0.832. The number of likely N-dealkylation sites (N-methyl/N-ethyl adjacent to an activating group) is 1. The van der Waals surface area contributed by atoms with E-state index in [2.05, 4.69) is 33.5 Å². The third-order valence-electron chi connectivity index (χ3n) is 4.06. The fourth-order valence-electron chi connectivity index (χ4n) is 2.88. The lowest BCUT2D eigenvalue weighted by Gasteiger charge is -2.25. The average molecular weight is 344 g/mol. The van der Waals surface area contributed by atoms with Gasteiger partial charge in [0.2, 0.25) is 0 Å². The van der Waals surface area contributed by atoms with Crippen molar-refractivity contribution in [1.82, 2.24) is 20.1 Å². The van der Waals surface area contributed by atoms with Crippen LogP contribution in [0.3, 0.4) is 0 Å². The minimum atomic E-state index is -0.609. The second kappa shape index (κ2) is 7.27. The first-order valence-corrected chi connectivity index (χ1v) is 8.41. The zero-order valence-electron chi connectivity index (χ0n) is 15.9. The summed E-state index contributed by atoms with van der Waals surface area (Å²) in [5.41, 5.74) is 1.83. The van der Waals surface area contributed by atoms with Gasteiger partial charge >= 0.3 is 11.8 Å². The molecular weight excluding hydrogens is 316 g/mol. The number of hydrogen-bond acceptors (Lipinski definition) is 3. The topological polar surface area (TPSA) is 66.4 Å². The molecule has 0 bridgehead atoms. The van der Waals surface area contributed by atoms with Crippen molar-refractivity contribution in [2.45, 2.75) is 32.4 Å². The van der Waals surface area contributed by atoms with Crippen molar-refractivity contribution in [2.75, 3.05) is 20.6 Å². The minimum absolute atomic E-state index is 0.0301. The Morgan fingerprint density at radius 2 is 1.80 bits per heavy atom. The number of para-hydroxylation sites is 1. The van der Waals surface area contributed by atoms with E-state index >= 15 is 0 Å². The number of rotatable bonds is 4. The number of aromatic nitrogens is 1. The highest BCUT2D eigenvalue weighted by Gasteiger charge is 2.23. The molecule has 0 saturated carbocycles. The fraction of sp³-hybridized carbons (Fsp3) is 0.474. The molecule has 1 atom stereocenters. The molecule has 0 saturated heterocycles. The average Bonchev–Trinajstić information content (AvgIpc) is 2.83. The minimum Gasteiger partial charge on any atom is -0.350 e. The van der Waals surface area contributed by atoms with Gasteiger partial charge in [0, 0.05) is 36.2 Å². The largest absolute Gasteiger partial charge is 0.350 e. The van der Waals surface area contributed by atoms with Crippen molar-refractivity contribution in [2.24, 2.45) is 7.05 Å². The molecule has 1 heterocycles. The van der Waals surface area contributed by atoms with Gasteiger partial charge in [0.15, 0.2) is 0 Å². The summed E-state index contributed by atoms with van der Waals surface area (Å²) in [4.78, 5) is 26.1. The highest BCUT2D eigenvalue weighted by atomic mass is 16.2. The Bertz CT molecular complexity index is 771. The van der Waals surface area contributed by atoms with Crippen LogP contribution in [0, 0.1) is 0 Å². The van der Waals surface area contributed by atoms with E-state index < -0.39 is 17.4 Å². The lowest BCUT2D eigenvalue weighted by Crippen LogP contribution is -2.49. The Kier molecular flexibility index (Phi) is 5.52. The Labute approximate surface area is 149 Å². The van der Waals surface area contributed by atoms with Gasteiger partial charge < -0.3 is 20.1 Å². The van der Waals surface area contributed by atoms with Gasteiger partial charge in [-0.05, 0) is 46.5 Å². The van der Waals surface area contributed by atoms with Gasteiger partial charge in [0.1, 0.15) is 0 Å². The molecule has 0 radical (unpaired) electrons. The number of nitrogens with one attached hydrogen (secondary N) is 2. The van der Waals surface area contributed by atoms with Crippen molar-refractivity contribution >= 4 is 22.7 Å². The summed E-state index contributed by atoms with van der Waals surface area (Å²) in [6.45, 7) is 5.89. The summed E-state index contributed by atoms with van der Waals surface area (Å²) in [6, 6.07) is 8.14. The van der Waals surface area contributed by atoms with E-state index in [-0.39, 0.29) is 6.04 Å². The number of benzene rings is 1. The molecule has 1 aromatic heterocycles. The van der Waals surface area contributed by atoms with E-state index in [4.69, 9.17) is 0 Å². The lowest BCUT2D eigenvalue weighted by atomic mass is 10.0. The summed E-state index contributed by atoms with van der Waals surface area (Å²) in [5, 5.41) is 6.58. The van der Waals surface area contributed by atoms with E-state index in [1.54, 1.807) is 0 Å². The van der Waals surface area contributed by atoms with Gasteiger partial charge in [-0.15, -0.1) is 0 Å². The molecule has 0 fully saturated rings. The van der Waals surface area contributed by atoms with E-state index in [1.807, 2.05) is 58.9 Å². The van der Waals surface area contributed by atoms with Crippen LogP contribution in [-0.2, 0) is 16.6 Å². The van der Waals surface area contributed by atoms with Crippen LogP contribution in [0.25, 0.3) is 10.9 Å². The standard InChI is InChI=1S/C19H28N4O2/c1-19(2,3)21-18(25)17(24)20-11-16(22(4)5)14-12-23(6)15-10-8-7-9-13(14)15/h7-10,12,16H,11H2,1-6H3,(H,20,24)(H,21,25). The molecule has 0 aliphatic rings. The predicted molar refractivity (Wildman–Crippen MR) is 100 cm³/mol. The molecule has 25 heavy (non-hydrogen) atoms. The molecule has 2 amide bonds. The molecule has 0 spiro atoms. The van der Waals surface area contributed by atoms with Gasteiger partial charge in [-0.25, -0.2) is 0 Å². The van der Waals surface area contributed by atoms with Crippen molar-refractivity contribution in [1.29, 1.82) is 0 Å². The van der Waals surface area contributed by atoms with Crippen molar-refractivity contribution in [3.8, 4) is 0 Å². The van der Waals surface area contributed by atoms with Crippen LogP contribution < -0.4 is 10.6 Å². The maximum atomic E-state index is 12.1. The Morgan fingerprint density at radius 3 is 2.40 bits per heavy atom. The maximum Gasteiger partial charge on any atom is 0.309 e. The molecular formula is C19H28N4O2. The summed E-state index contributed by atoms with van der Waals surface area (Å²) in [6.07, 6.45) is 2.08. The molecule has 1 unspecified atom stereocenters. The Morgan fingerprint density at radius 1 is 1.16 bits per heavy atom. The van der Waals surface area contributed by atoms with E-state index in [9.17, 15) is 9.59 Å². The maximum absolute atomic E-state index is 12.1. The summed E-state index contributed by atoms with van der Waals surface area (Å²) >= 11 is 0. The van der Waals surface area contributed by atoms with Gasteiger partial charge in [-0.3, -0.25) is 9.59 Å². The first-order chi connectivity index (χ1) is 11.6. The number of carbonyl (C=O) groups is 2. The molecule has 0 aliphatic carbocycles. The smallest absolute Gasteiger partial charge is 0.309 e.